The van der Waals surface area contributed by atoms with E-state index in [1.54, 1.807) is 0 Å². The number of carbonyl (C=O) groups excluding carboxylic acids is 1. The molecule has 0 unspecified atom stereocenters. The van der Waals surface area contributed by atoms with Crippen LogP contribution in [0.3, 0.4) is 0 Å². The average Bonchev–Trinajstić information content (AvgIpc) is 2.71. The van der Waals surface area contributed by atoms with Gasteiger partial charge in [0.25, 0.3) is 0 Å². The minimum Gasteiger partial charge on any atom is -0.480 e. The first-order valence-corrected chi connectivity index (χ1v) is 3.87. The Bertz CT molecular complexity index is 201. The van der Waals surface area contributed by atoms with E-state index in [0.29, 0.717) is 0 Å². The molecule has 5 heteroatoms. The highest BCUT2D eigenvalue weighted by Gasteiger charge is 2.25. The minimum absolute atomic E-state index is 0.133. The summed E-state index contributed by atoms with van der Waals surface area (Å²) in [6.45, 7) is 0. The predicted molar refractivity (Wildman–Crippen MR) is 41.4 cm³/mol. The topological polar surface area (TPSA) is 92.4 Å². The number of carbonyl (C=O) groups is 2. The molecule has 0 bridgehead atoms. The van der Waals surface area contributed by atoms with Crippen LogP contribution >= 0.6 is 0 Å². The molecule has 5 nitrogen and oxygen atoms in total. The predicted octanol–water partition coefficient (Wildman–Crippen LogP) is -0.933. The van der Waals surface area contributed by atoms with Gasteiger partial charge in [-0.05, 0) is 12.8 Å². The molecule has 12 heavy (non-hydrogen) atoms. The first-order valence-electron chi connectivity index (χ1n) is 3.87. The molecule has 1 atom stereocenters. The van der Waals surface area contributed by atoms with Crippen molar-refractivity contribution in [1.82, 2.24) is 5.32 Å². The molecule has 0 aromatic carbocycles. The van der Waals surface area contributed by atoms with E-state index >= 15 is 0 Å². The second-order valence-corrected chi connectivity index (χ2v) is 2.99. The number of nitrogens with one attached hydrogen (secondary N) is 1. The molecule has 0 heterocycles. The molecule has 1 fully saturated rings. The van der Waals surface area contributed by atoms with Crippen LogP contribution in [0, 0.1) is 0 Å². The lowest BCUT2D eigenvalue weighted by molar-refractivity contribution is -0.140. The van der Waals surface area contributed by atoms with Gasteiger partial charge in [-0.1, -0.05) is 0 Å². The van der Waals surface area contributed by atoms with Gasteiger partial charge >= 0.3 is 5.97 Å². The highest BCUT2D eigenvalue weighted by Crippen LogP contribution is 2.18. The second kappa shape index (κ2) is 3.53. The summed E-state index contributed by atoms with van der Waals surface area (Å²) in [5.41, 5.74) is 5.15. The van der Waals surface area contributed by atoms with Crippen LogP contribution in [0.5, 0.6) is 0 Å². The monoisotopic (exact) mass is 172 g/mol. The van der Waals surface area contributed by atoms with Crippen molar-refractivity contribution in [2.45, 2.75) is 31.3 Å². The Kier molecular flexibility index (Phi) is 2.65. The van der Waals surface area contributed by atoms with E-state index in [0.717, 1.165) is 12.8 Å². The summed E-state index contributed by atoms with van der Waals surface area (Å²) in [5.74, 6) is -1.41. The van der Waals surface area contributed by atoms with Gasteiger partial charge in [0.05, 0.1) is 6.42 Å². The van der Waals surface area contributed by atoms with E-state index < -0.39 is 12.0 Å². The Morgan fingerprint density at radius 1 is 1.58 bits per heavy atom. The summed E-state index contributed by atoms with van der Waals surface area (Å²) in [6, 6.07) is -0.817. The summed E-state index contributed by atoms with van der Waals surface area (Å²) >= 11 is 0. The van der Waals surface area contributed by atoms with Gasteiger partial charge in [-0.25, -0.2) is 0 Å². The van der Waals surface area contributed by atoms with Gasteiger partial charge in [-0.2, -0.15) is 0 Å². The number of carboxylic acid groups (broad SMARTS) is 1. The molecule has 0 saturated heterocycles. The van der Waals surface area contributed by atoms with Crippen molar-refractivity contribution in [2.24, 2.45) is 5.73 Å². The molecule has 68 valence electrons. The van der Waals surface area contributed by atoms with Crippen molar-refractivity contribution >= 4 is 11.9 Å². The van der Waals surface area contributed by atoms with E-state index in [2.05, 4.69) is 5.32 Å². The number of hydrogen-bond acceptors (Lipinski definition) is 3. The summed E-state index contributed by atoms with van der Waals surface area (Å²) in [5, 5.41) is 11.0. The van der Waals surface area contributed by atoms with E-state index in [1.807, 2.05) is 0 Å². The van der Waals surface area contributed by atoms with Gasteiger partial charge in [0.15, 0.2) is 0 Å². The van der Waals surface area contributed by atoms with Crippen LogP contribution in [-0.4, -0.2) is 29.1 Å². The highest BCUT2D eigenvalue weighted by molar-refractivity contribution is 5.84. The van der Waals surface area contributed by atoms with Crippen molar-refractivity contribution < 1.29 is 14.7 Å². The highest BCUT2D eigenvalue weighted by atomic mass is 16.4. The normalized spacial score (nSPS) is 18.4. The average molecular weight is 172 g/mol. The zero-order valence-corrected chi connectivity index (χ0v) is 6.62. The molecule has 0 aromatic rings. The van der Waals surface area contributed by atoms with E-state index in [4.69, 9.17) is 10.8 Å². The molecule has 1 aliphatic rings. The fraction of sp³-hybridized carbons (Fsp3) is 0.714. The van der Waals surface area contributed by atoms with Gasteiger partial charge in [-0.15, -0.1) is 0 Å². The van der Waals surface area contributed by atoms with Crippen molar-refractivity contribution in [2.75, 3.05) is 0 Å². The second-order valence-electron chi connectivity index (χ2n) is 2.99. The molecule has 0 spiro atoms. The van der Waals surface area contributed by atoms with Gasteiger partial charge in [-0.3, -0.25) is 9.59 Å². The van der Waals surface area contributed by atoms with Crippen molar-refractivity contribution in [3.05, 3.63) is 0 Å². The first-order chi connectivity index (χ1) is 5.59. The van der Waals surface area contributed by atoms with Crippen LogP contribution in [0.2, 0.25) is 0 Å². The zero-order valence-electron chi connectivity index (χ0n) is 6.62. The minimum atomic E-state index is -1.14. The quantitative estimate of drug-likeness (QED) is 0.510. The number of hydrogen-bond donors (Lipinski definition) is 3. The van der Waals surface area contributed by atoms with Gasteiger partial charge in [0, 0.05) is 6.04 Å². The van der Waals surface area contributed by atoms with Gasteiger partial charge < -0.3 is 16.2 Å². The molecular weight excluding hydrogens is 160 g/mol. The molecule has 1 saturated carbocycles. The van der Waals surface area contributed by atoms with Crippen LogP contribution in [0.25, 0.3) is 0 Å². The van der Waals surface area contributed by atoms with E-state index in [9.17, 15) is 9.59 Å². The van der Waals surface area contributed by atoms with Crippen molar-refractivity contribution in [3.63, 3.8) is 0 Å². The number of aliphatic carboxylic acids is 1. The van der Waals surface area contributed by atoms with Gasteiger partial charge in [0.2, 0.25) is 5.91 Å². The molecule has 0 aromatic heterocycles. The third kappa shape index (κ3) is 2.87. The van der Waals surface area contributed by atoms with Crippen molar-refractivity contribution in [3.8, 4) is 0 Å². The van der Waals surface area contributed by atoms with Crippen LogP contribution in [-0.2, 0) is 9.59 Å². The molecule has 1 rings (SSSR count). The standard InChI is InChI=1S/C7H12N2O3/c8-5(7(11)12)3-6(10)9-4-1-2-4/h4-5H,1-3,8H2,(H,9,10)(H,11,12)/t5-/m0/s1. The van der Waals surface area contributed by atoms with Crippen LogP contribution in [0.15, 0.2) is 0 Å². The fourth-order valence-corrected chi connectivity index (χ4v) is 0.801. The molecule has 4 N–H and O–H groups in total. The number of nitrogens with two attached hydrogens (primary N) is 1. The molecule has 1 aliphatic carbocycles. The SMILES string of the molecule is N[C@@H](CC(=O)NC1CC1)C(=O)O. The largest absolute Gasteiger partial charge is 0.480 e. The third-order valence-electron chi connectivity index (χ3n) is 1.66. The Labute approximate surface area is 69.9 Å². The molecule has 0 aliphatic heterocycles. The summed E-state index contributed by atoms with van der Waals surface area (Å²) in [6.07, 6.45) is 1.86. The van der Waals surface area contributed by atoms with Crippen LogP contribution in [0.4, 0.5) is 0 Å². The summed E-state index contributed by atoms with van der Waals surface area (Å²) < 4.78 is 0. The lowest BCUT2D eigenvalue weighted by Gasteiger charge is -2.05. The number of carboxylic acids is 1. The lowest BCUT2D eigenvalue weighted by Crippen LogP contribution is -2.37. The van der Waals surface area contributed by atoms with Crippen LogP contribution in [0.1, 0.15) is 19.3 Å². The zero-order chi connectivity index (χ0) is 9.14. The Morgan fingerprint density at radius 3 is 2.58 bits per heavy atom. The molecular formula is C7H12N2O3. The summed E-state index contributed by atoms with van der Waals surface area (Å²) in [7, 11) is 0. The summed E-state index contributed by atoms with van der Waals surface area (Å²) in [4.78, 5) is 21.2. The Morgan fingerprint density at radius 2 is 2.17 bits per heavy atom. The Balaban J connectivity index is 2.19. The Hall–Kier alpha value is -1.10. The van der Waals surface area contributed by atoms with E-state index in [1.165, 1.54) is 0 Å². The third-order valence-corrected chi connectivity index (χ3v) is 1.66. The first kappa shape index (κ1) is 8.99. The molecule has 1 amide bonds. The van der Waals surface area contributed by atoms with Gasteiger partial charge in [0.1, 0.15) is 6.04 Å². The number of rotatable bonds is 4. The maximum atomic E-state index is 11.0. The van der Waals surface area contributed by atoms with Crippen molar-refractivity contribution in [1.29, 1.82) is 0 Å². The van der Waals surface area contributed by atoms with Crippen LogP contribution < -0.4 is 11.1 Å². The molecule has 0 radical (unpaired) electrons. The fourth-order valence-electron chi connectivity index (χ4n) is 0.801. The maximum Gasteiger partial charge on any atom is 0.321 e. The smallest absolute Gasteiger partial charge is 0.321 e. The number of amides is 1. The lowest BCUT2D eigenvalue weighted by atomic mass is 10.2. The maximum absolute atomic E-state index is 11.0. The van der Waals surface area contributed by atoms with E-state index in [-0.39, 0.29) is 18.4 Å².